The van der Waals surface area contributed by atoms with E-state index < -0.39 is 73.5 Å². The van der Waals surface area contributed by atoms with Crippen molar-refractivity contribution < 1.29 is 54.3 Å². The normalized spacial score (nSPS) is 34.2. The Bertz CT molecular complexity index is 1510. The van der Waals surface area contributed by atoms with Crippen LogP contribution >= 0.6 is 0 Å². The number of benzene rings is 2. The fraction of sp³-hybridized carbons (Fsp3) is 0.615. The Labute approximate surface area is 317 Å². The molecule has 2 saturated heterocycles. The largest absolute Gasteiger partial charge is 0.445 e. The van der Waals surface area contributed by atoms with Gasteiger partial charge in [-0.05, 0) is 43.3 Å². The van der Waals surface area contributed by atoms with Crippen molar-refractivity contribution in [3.05, 3.63) is 94.9 Å². The zero-order valence-electron chi connectivity index (χ0n) is 31.8. The molecule has 0 aromatic heterocycles. The number of carbonyl (C=O) groups excluding carboxylic acids is 1. The highest BCUT2D eigenvalue weighted by atomic mass is 16.7. The van der Waals surface area contributed by atoms with Crippen molar-refractivity contribution in [3.8, 4) is 0 Å². The highest BCUT2D eigenvalue weighted by molar-refractivity contribution is 5.67. The van der Waals surface area contributed by atoms with Crippen LogP contribution in [0.15, 0.2) is 78.4 Å². The van der Waals surface area contributed by atoms with E-state index in [9.17, 15) is 20.5 Å². The SMILES string of the molecule is [3H]CCOC[C@@H]1O[C@@H](O[C@@H]2CCCC(N=[N+]=[N-])[C@H]2O[C@@H]2OC(C)[C@@H](C)[C@H](OCc3ccccc3)C2OCc2ccccc2)C(NC(=O)OCC=C)C(O)[C@H]1O. The number of amides is 1. The van der Waals surface area contributed by atoms with E-state index in [1.165, 1.54) is 6.08 Å². The first-order valence-corrected chi connectivity index (χ1v) is 18.5. The predicted octanol–water partition coefficient (Wildman–Crippen LogP) is 4.94. The summed E-state index contributed by atoms with van der Waals surface area (Å²) in [4.78, 5) is 15.8. The number of aliphatic hydroxyl groups excluding tert-OH is 2. The maximum absolute atomic E-state index is 12.7. The summed E-state index contributed by atoms with van der Waals surface area (Å²) < 4.78 is 57.3. The number of alkyl carbamates (subject to hydrolysis) is 1. The van der Waals surface area contributed by atoms with Crippen LogP contribution in [-0.2, 0) is 51.1 Å². The molecular formula is C39H54N4O11. The third-order valence-electron chi connectivity index (χ3n) is 10.0. The molecule has 1 saturated carbocycles. The van der Waals surface area contributed by atoms with Crippen molar-refractivity contribution in [2.75, 3.05) is 19.8 Å². The van der Waals surface area contributed by atoms with Crippen LogP contribution in [0, 0.1) is 5.92 Å². The van der Waals surface area contributed by atoms with E-state index in [-0.39, 0.29) is 45.3 Å². The monoisotopic (exact) mass is 756 g/mol. The van der Waals surface area contributed by atoms with Crippen LogP contribution in [0.4, 0.5) is 4.79 Å². The van der Waals surface area contributed by atoms with Gasteiger partial charge in [-0.1, -0.05) is 91.8 Å². The van der Waals surface area contributed by atoms with Gasteiger partial charge in [0, 0.05) is 18.8 Å². The van der Waals surface area contributed by atoms with E-state index in [0.29, 0.717) is 25.9 Å². The van der Waals surface area contributed by atoms with Gasteiger partial charge in [0.15, 0.2) is 12.6 Å². The fourth-order valence-corrected chi connectivity index (χ4v) is 6.99. The molecule has 2 aromatic rings. The first-order valence-electron chi connectivity index (χ1n) is 19.2. The number of rotatable bonds is 17. The number of nitrogens with one attached hydrogen (secondary N) is 1. The van der Waals surface area contributed by atoms with Gasteiger partial charge < -0.3 is 53.4 Å². The molecule has 3 aliphatic rings. The number of carbonyl (C=O) groups is 1. The smallest absolute Gasteiger partial charge is 0.407 e. The number of azide groups is 1. The van der Waals surface area contributed by atoms with Gasteiger partial charge in [-0.3, -0.25) is 0 Å². The van der Waals surface area contributed by atoms with Crippen LogP contribution in [0.5, 0.6) is 0 Å². The number of hydrogen-bond acceptors (Lipinski definition) is 12. The van der Waals surface area contributed by atoms with Gasteiger partial charge in [-0.15, -0.1) is 0 Å². The number of hydrogen-bond donors (Lipinski definition) is 3. The molecule has 5 rings (SSSR count). The maximum atomic E-state index is 12.7. The minimum Gasteiger partial charge on any atom is -0.445 e. The lowest BCUT2D eigenvalue weighted by molar-refractivity contribution is -0.336. The standard InChI is InChI=1S/C39H54N4O11/c1-5-20-48-39(46)41-31-33(45)32(44)30(23-47-6-2)53-37(31)52-29-19-13-18-28(42-43-40)35(29)54-38-36(50-22-27-16-11-8-12-17-27)34(24(3)25(4)51-38)49-21-26-14-9-7-10-15-26/h5,7-12,14-17,24-25,28-38,44-45H,1,6,13,18-23H2,2-4H3,(H,41,46)/t24-,25?,28?,29-,30+,31?,32+,33?,34+,35-,36?,37-,38+/m1/s1/i2T. The van der Waals surface area contributed by atoms with Gasteiger partial charge in [-0.25, -0.2) is 4.79 Å². The fourth-order valence-electron chi connectivity index (χ4n) is 6.99. The lowest BCUT2D eigenvalue weighted by Crippen LogP contribution is -2.66. The first-order chi connectivity index (χ1) is 26.7. The molecule has 13 atom stereocenters. The van der Waals surface area contributed by atoms with E-state index >= 15 is 0 Å². The van der Waals surface area contributed by atoms with Gasteiger partial charge in [0.05, 0.1) is 50.3 Å². The van der Waals surface area contributed by atoms with Crippen LogP contribution in [-0.4, -0.2) is 110 Å². The molecule has 3 fully saturated rings. The van der Waals surface area contributed by atoms with Gasteiger partial charge >= 0.3 is 6.09 Å². The lowest BCUT2D eigenvalue weighted by Gasteiger charge is -2.48. The quantitative estimate of drug-likeness (QED) is 0.0652. The summed E-state index contributed by atoms with van der Waals surface area (Å²) in [5, 5.41) is 28.9. The Morgan fingerprint density at radius 2 is 1.67 bits per heavy atom. The van der Waals surface area contributed by atoms with Gasteiger partial charge in [0.25, 0.3) is 0 Å². The Morgan fingerprint density at radius 1 is 0.981 bits per heavy atom. The molecule has 5 unspecified atom stereocenters. The van der Waals surface area contributed by atoms with Crippen LogP contribution in [0.2, 0.25) is 0 Å². The second kappa shape index (κ2) is 20.9. The molecule has 3 N–H and O–H groups in total. The summed E-state index contributed by atoms with van der Waals surface area (Å²) in [5.41, 5.74) is 11.6. The third-order valence-corrected chi connectivity index (χ3v) is 10.0. The van der Waals surface area contributed by atoms with Crippen molar-refractivity contribution in [2.24, 2.45) is 11.0 Å². The third kappa shape index (κ3) is 11.0. The molecule has 0 radical (unpaired) electrons. The van der Waals surface area contributed by atoms with E-state index in [4.69, 9.17) is 39.3 Å². The lowest BCUT2D eigenvalue weighted by atomic mass is 9.88. The van der Waals surface area contributed by atoms with Crippen LogP contribution in [0.3, 0.4) is 0 Å². The second-order valence-corrected chi connectivity index (χ2v) is 13.7. The maximum Gasteiger partial charge on any atom is 0.407 e. The molecule has 15 heteroatoms. The van der Waals surface area contributed by atoms with E-state index in [1.54, 1.807) is 0 Å². The number of ether oxygens (including phenoxy) is 8. The van der Waals surface area contributed by atoms with Crippen molar-refractivity contribution >= 4 is 6.09 Å². The first kappa shape index (κ1) is 40.1. The van der Waals surface area contributed by atoms with Crippen molar-refractivity contribution in [3.63, 3.8) is 0 Å². The van der Waals surface area contributed by atoms with Crippen molar-refractivity contribution in [2.45, 2.75) is 127 Å². The van der Waals surface area contributed by atoms with Gasteiger partial charge in [0.1, 0.15) is 37.1 Å². The Hall–Kier alpha value is -3.60. The van der Waals surface area contributed by atoms with E-state index in [0.717, 1.165) is 11.1 Å². The van der Waals surface area contributed by atoms with Gasteiger partial charge in [0.2, 0.25) is 0 Å². The number of aliphatic hydroxyl groups is 2. The molecule has 2 aromatic carbocycles. The molecular weight excluding hydrogens is 700 g/mol. The number of nitrogens with zero attached hydrogens (tertiary/aromatic N) is 3. The molecule has 2 aliphatic heterocycles. The van der Waals surface area contributed by atoms with Gasteiger partial charge in [-0.2, -0.15) is 0 Å². The molecule has 2 heterocycles. The predicted molar refractivity (Wildman–Crippen MR) is 196 cm³/mol. The highest BCUT2D eigenvalue weighted by Crippen LogP contribution is 2.37. The summed E-state index contributed by atoms with van der Waals surface area (Å²) in [6, 6.07) is 17.6. The zero-order chi connectivity index (χ0) is 39.2. The molecule has 0 spiro atoms. The Balaban J connectivity index is 1.43. The summed E-state index contributed by atoms with van der Waals surface area (Å²) in [6.07, 6.45) is -7.62. The average molecular weight is 757 g/mol. The molecule has 296 valence electrons. The van der Waals surface area contributed by atoms with E-state index in [1.807, 2.05) is 74.5 Å². The molecule has 0 bridgehead atoms. The zero-order valence-corrected chi connectivity index (χ0v) is 30.8. The summed E-state index contributed by atoms with van der Waals surface area (Å²) in [7, 11) is 0. The summed E-state index contributed by atoms with van der Waals surface area (Å²) >= 11 is 0. The molecule has 1 aliphatic carbocycles. The van der Waals surface area contributed by atoms with Crippen LogP contribution in [0.25, 0.3) is 10.4 Å². The van der Waals surface area contributed by atoms with Crippen molar-refractivity contribution in [1.82, 2.24) is 5.32 Å². The minimum atomic E-state index is -1.56. The topological polar surface area (TPSA) is 192 Å². The summed E-state index contributed by atoms with van der Waals surface area (Å²) in [6.45, 7) is 7.95. The molecule has 15 nitrogen and oxygen atoms in total. The second-order valence-electron chi connectivity index (χ2n) is 13.7. The Morgan fingerprint density at radius 3 is 2.31 bits per heavy atom. The van der Waals surface area contributed by atoms with Crippen LogP contribution in [0.1, 0.15) is 52.5 Å². The minimum absolute atomic E-state index is 0.0125. The summed E-state index contributed by atoms with van der Waals surface area (Å²) in [5.74, 6) is -0.0962. The highest BCUT2D eigenvalue weighted by Gasteiger charge is 2.51. The van der Waals surface area contributed by atoms with Crippen molar-refractivity contribution in [1.29, 1.82) is 0 Å². The van der Waals surface area contributed by atoms with E-state index in [2.05, 4.69) is 21.9 Å². The molecule has 54 heavy (non-hydrogen) atoms. The molecule has 1 amide bonds. The van der Waals surface area contributed by atoms with Crippen LogP contribution < -0.4 is 5.32 Å². The average Bonchev–Trinajstić information content (AvgIpc) is 3.19. The Kier molecular flexibility index (Phi) is 15.5.